The van der Waals surface area contributed by atoms with Gasteiger partial charge in [-0.3, -0.25) is 4.79 Å². The Bertz CT molecular complexity index is 497. The molecule has 6 heteroatoms. The van der Waals surface area contributed by atoms with Crippen molar-refractivity contribution in [2.75, 3.05) is 27.9 Å². The van der Waals surface area contributed by atoms with Gasteiger partial charge in [0.2, 0.25) is 5.75 Å². The highest BCUT2D eigenvalue weighted by atomic mass is 16.5. The predicted octanol–water partition coefficient (Wildman–Crippen LogP) is 1.60. The van der Waals surface area contributed by atoms with E-state index >= 15 is 0 Å². The van der Waals surface area contributed by atoms with Crippen LogP contribution in [0.3, 0.4) is 0 Å². The van der Waals surface area contributed by atoms with Gasteiger partial charge in [0.25, 0.3) is 5.91 Å². The lowest BCUT2D eigenvalue weighted by molar-refractivity contribution is 0.0950. The van der Waals surface area contributed by atoms with E-state index in [0.717, 1.165) is 0 Å². The number of ether oxygens (including phenoxy) is 3. The van der Waals surface area contributed by atoms with Gasteiger partial charge in [-0.05, 0) is 19.1 Å². The highest BCUT2D eigenvalue weighted by Crippen LogP contribution is 2.38. The molecule has 1 unspecified atom stereocenters. The molecule has 1 amide bonds. The first kappa shape index (κ1) is 15.6. The van der Waals surface area contributed by atoms with Crippen molar-refractivity contribution in [3.63, 3.8) is 0 Å². The van der Waals surface area contributed by atoms with Gasteiger partial charge in [0.05, 0.1) is 33.3 Å². The molecular weight excluding hydrogens is 260 g/mol. The number of hydrogen-bond acceptors (Lipinski definition) is 5. The largest absolute Gasteiger partial charge is 0.493 e. The average Bonchev–Trinajstić information content (AvgIpc) is 2.50. The van der Waals surface area contributed by atoms with Gasteiger partial charge in [-0.1, -0.05) is 0 Å². The van der Waals surface area contributed by atoms with Crippen LogP contribution in [-0.2, 0) is 0 Å². The lowest BCUT2D eigenvalue weighted by Gasteiger charge is -2.14. The third kappa shape index (κ3) is 3.54. The minimum absolute atomic E-state index is 0.249. The van der Waals surface area contributed by atoms with Crippen LogP contribution in [0.25, 0.3) is 0 Å². The molecule has 0 fully saturated rings. The Hall–Kier alpha value is -2.42. The number of nitrogens with zero attached hydrogens (tertiary/aromatic N) is 1. The summed E-state index contributed by atoms with van der Waals surface area (Å²) in [5, 5.41) is 11.4. The number of hydrogen-bond donors (Lipinski definition) is 1. The van der Waals surface area contributed by atoms with E-state index in [1.54, 1.807) is 19.1 Å². The Balaban J connectivity index is 3.01. The Morgan fingerprint density at radius 2 is 1.80 bits per heavy atom. The summed E-state index contributed by atoms with van der Waals surface area (Å²) in [7, 11) is 4.46. The monoisotopic (exact) mass is 278 g/mol. The van der Waals surface area contributed by atoms with Gasteiger partial charge in [0.1, 0.15) is 0 Å². The summed E-state index contributed by atoms with van der Waals surface area (Å²) in [5.41, 5.74) is 0.379. The highest BCUT2D eigenvalue weighted by molar-refractivity contribution is 5.95. The number of rotatable bonds is 6. The molecule has 6 nitrogen and oxygen atoms in total. The van der Waals surface area contributed by atoms with E-state index in [2.05, 4.69) is 11.4 Å². The fourth-order valence-electron chi connectivity index (χ4n) is 1.61. The lowest BCUT2D eigenvalue weighted by atomic mass is 10.1. The maximum Gasteiger partial charge on any atom is 0.251 e. The lowest BCUT2D eigenvalue weighted by Crippen LogP contribution is -2.27. The van der Waals surface area contributed by atoms with Crippen LogP contribution in [0, 0.1) is 17.2 Å². The number of carbonyl (C=O) groups excluding carboxylic acids is 1. The fourth-order valence-corrected chi connectivity index (χ4v) is 1.61. The molecule has 1 N–H and O–H groups in total. The van der Waals surface area contributed by atoms with E-state index in [4.69, 9.17) is 19.5 Å². The zero-order valence-electron chi connectivity index (χ0n) is 12.0. The van der Waals surface area contributed by atoms with Crippen LogP contribution < -0.4 is 19.5 Å². The van der Waals surface area contributed by atoms with Crippen molar-refractivity contribution in [1.29, 1.82) is 5.26 Å². The summed E-state index contributed by atoms with van der Waals surface area (Å²) in [4.78, 5) is 12.0. The third-order valence-electron chi connectivity index (χ3n) is 2.72. The van der Waals surface area contributed by atoms with Crippen molar-refractivity contribution in [3.8, 4) is 23.3 Å². The Labute approximate surface area is 118 Å². The molecule has 1 aromatic carbocycles. The molecule has 0 radical (unpaired) electrons. The van der Waals surface area contributed by atoms with E-state index in [-0.39, 0.29) is 18.4 Å². The maximum atomic E-state index is 12.0. The molecule has 0 spiro atoms. The second-order valence-electron chi connectivity index (χ2n) is 4.15. The number of amides is 1. The summed E-state index contributed by atoms with van der Waals surface area (Å²) >= 11 is 0. The van der Waals surface area contributed by atoms with Crippen molar-refractivity contribution in [3.05, 3.63) is 17.7 Å². The van der Waals surface area contributed by atoms with Gasteiger partial charge >= 0.3 is 0 Å². The minimum atomic E-state index is -0.300. The first-order chi connectivity index (χ1) is 9.57. The number of methoxy groups -OCH3 is 3. The van der Waals surface area contributed by atoms with Gasteiger partial charge < -0.3 is 19.5 Å². The van der Waals surface area contributed by atoms with Gasteiger partial charge in [-0.25, -0.2) is 0 Å². The van der Waals surface area contributed by atoms with Crippen molar-refractivity contribution in [1.82, 2.24) is 5.32 Å². The summed E-state index contributed by atoms with van der Waals surface area (Å²) in [5.74, 6) is 0.694. The highest BCUT2D eigenvalue weighted by Gasteiger charge is 2.17. The van der Waals surface area contributed by atoms with E-state index in [1.807, 2.05) is 0 Å². The van der Waals surface area contributed by atoms with E-state index in [1.165, 1.54) is 21.3 Å². The molecule has 0 aliphatic carbocycles. The van der Waals surface area contributed by atoms with Crippen LogP contribution in [0.4, 0.5) is 0 Å². The molecule has 1 atom stereocenters. The summed E-state index contributed by atoms with van der Waals surface area (Å²) in [6.07, 6.45) is 0. The van der Waals surface area contributed by atoms with E-state index in [9.17, 15) is 4.79 Å². The van der Waals surface area contributed by atoms with Gasteiger partial charge in [-0.15, -0.1) is 0 Å². The molecule has 1 aromatic rings. The predicted molar refractivity (Wildman–Crippen MR) is 73.2 cm³/mol. The standard InChI is InChI=1S/C14H18N2O4/c1-9(7-15)8-16-14(17)10-5-11(18-2)13(20-4)12(6-10)19-3/h5-6,9H,8H2,1-4H3,(H,16,17). The number of carbonyl (C=O) groups is 1. The van der Waals surface area contributed by atoms with E-state index in [0.29, 0.717) is 22.8 Å². The second kappa shape index (κ2) is 7.24. The molecule has 0 saturated carbocycles. The van der Waals surface area contributed by atoms with Crippen LogP contribution in [0.2, 0.25) is 0 Å². The molecule has 0 saturated heterocycles. The molecule has 0 bridgehead atoms. The van der Waals surface area contributed by atoms with Gasteiger partial charge in [0, 0.05) is 12.1 Å². The quantitative estimate of drug-likeness (QED) is 0.855. The molecule has 1 rings (SSSR count). The van der Waals surface area contributed by atoms with Gasteiger partial charge in [-0.2, -0.15) is 5.26 Å². The normalized spacial score (nSPS) is 11.2. The maximum absolute atomic E-state index is 12.0. The Morgan fingerprint density at radius 1 is 1.25 bits per heavy atom. The van der Waals surface area contributed by atoms with Gasteiger partial charge in [0.15, 0.2) is 11.5 Å². The molecule has 0 heterocycles. The van der Waals surface area contributed by atoms with E-state index < -0.39 is 0 Å². The second-order valence-corrected chi connectivity index (χ2v) is 4.15. The van der Waals surface area contributed by atoms with Crippen LogP contribution in [0.15, 0.2) is 12.1 Å². The molecule has 20 heavy (non-hydrogen) atoms. The number of nitriles is 1. The zero-order valence-corrected chi connectivity index (χ0v) is 12.0. The van der Waals surface area contributed by atoms with Crippen LogP contribution in [-0.4, -0.2) is 33.8 Å². The molecule has 0 aliphatic heterocycles. The first-order valence-electron chi connectivity index (χ1n) is 6.05. The number of benzene rings is 1. The van der Waals surface area contributed by atoms with Crippen molar-refractivity contribution >= 4 is 5.91 Å². The topological polar surface area (TPSA) is 80.6 Å². The Kier molecular flexibility index (Phi) is 5.66. The summed E-state index contributed by atoms with van der Waals surface area (Å²) < 4.78 is 15.5. The molecule has 0 aliphatic rings. The SMILES string of the molecule is COc1cc(C(=O)NCC(C)C#N)cc(OC)c1OC. The summed E-state index contributed by atoms with van der Waals surface area (Å²) in [6, 6.07) is 5.18. The zero-order chi connectivity index (χ0) is 15.1. The smallest absolute Gasteiger partial charge is 0.251 e. The molecule has 0 aromatic heterocycles. The van der Waals surface area contributed by atoms with Crippen LogP contribution >= 0.6 is 0 Å². The summed E-state index contributed by atoms with van der Waals surface area (Å²) in [6.45, 7) is 2.02. The Morgan fingerprint density at radius 3 is 2.20 bits per heavy atom. The molecular formula is C14H18N2O4. The first-order valence-corrected chi connectivity index (χ1v) is 6.05. The number of nitrogens with one attached hydrogen (secondary N) is 1. The van der Waals surface area contributed by atoms with Crippen molar-refractivity contribution < 1.29 is 19.0 Å². The molecule has 108 valence electrons. The van der Waals surface area contributed by atoms with Crippen LogP contribution in [0.5, 0.6) is 17.2 Å². The van der Waals surface area contributed by atoms with Crippen molar-refractivity contribution in [2.24, 2.45) is 5.92 Å². The minimum Gasteiger partial charge on any atom is -0.493 e. The van der Waals surface area contributed by atoms with Crippen LogP contribution in [0.1, 0.15) is 17.3 Å². The fraction of sp³-hybridized carbons (Fsp3) is 0.429. The average molecular weight is 278 g/mol. The van der Waals surface area contributed by atoms with Crippen molar-refractivity contribution in [2.45, 2.75) is 6.92 Å². The third-order valence-corrected chi connectivity index (χ3v) is 2.72.